The number of carbonyl (C=O) groups is 2. The Labute approximate surface area is 152 Å². The first kappa shape index (κ1) is 19.6. The highest BCUT2D eigenvalue weighted by atomic mass is 19.1. The van der Waals surface area contributed by atoms with Crippen LogP contribution < -0.4 is 11.1 Å². The van der Waals surface area contributed by atoms with Crippen LogP contribution in [-0.2, 0) is 22.4 Å². The van der Waals surface area contributed by atoms with Crippen molar-refractivity contribution < 1.29 is 19.1 Å². The molecule has 6 heteroatoms. The summed E-state index contributed by atoms with van der Waals surface area (Å²) in [5, 5.41) is 11.8. The second kappa shape index (κ2) is 9.68. The Morgan fingerprint density at radius 3 is 2.38 bits per heavy atom. The molecule has 0 radical (unpaired) electrons. The Morgan fingerprint density at radius 1 is 1.08 bits per heavy atom. The van der Waals surface area contributed by atoms with Crippen molar-refractivity contribution in [1.29, 1.82) is 0 Å². The maximum Gasteiger partial charge on any atom is 0.326 e. The summed E-state index contributed by atoms with van der Waals surface area (Å²) >= 11 is 0. The van der Waals surface area contributed by atoms with Gasteiger partial charge in [-0.2, -0.15) is 0 Å². The van der Waals surface area contributed by atoms with Crippen molar-refractivity contribution in [3.05, 3.63) is 71.5 Å². The molecule has 26 heavy (non-hydrogen) atoms. The number of halogens is 1. The summed E-state index contributed by atoms with van der Waals surface area (Å²) in [4.78, 5) is 23.6. The summed E-state index contributed by atoms with van der Waals surface area (Å²) in [6.07, 6.45) is 1.37. The molecule has 0 aromatic heterocycles. The van der Waals surface area contributed by atoms with E-state index in [0.29, 0.717) is 24.8 Å². The molecule has 138 valence electrons. The summed E-state index contributed by atoms with van der Waals surface area (Å²) in [6.45, 7) is 0. The van der Waals surface area contributed by atoms with Gasteiger partial charge in [-0.15, -0.1) is 0 Å². The van der Waals surface area contributed by atoms with E-state index in [-0.39, 0.29) is 12.2 Å². The molecule has 0 aliphatic carbocycles. The molecule has 2 aromatic carbocycles. The quantitative estimate of drug-likeness (QED) is 0.641. The van der Waals surface area contributed by atoms with Crippen LogP contribution in [0.3, 0.4) is 0 Å². The van der Waals surface area contributed by atoms with E-state index in [2.05, 4.69) is 5.32 Å². The standard InChI is InChI=1S/C20H23FN2O3/c21-16-11-5-4-9-15(16)10-6-12-18(20(25)26)23-19(24)17(22)13-14-7-2-1-3-8-14/h1-5,7-9,11,17-18H,6,10,12-13,22H2,(H,23,24)(H,25,26)/t17-,18?/m0/s1. The third kappa shape index (κ3) is 5.97. The topological polar surface area (TPSA) is 92.4 Å². The molecule has 0 fully saturated rings. The molecule has 0 saturated heterocycles. The number of carboxylic acid groups (broad SMARTS) is 1. The van der Waals surface area contributed by atoms with Gasteiger partial charge in [-0.25, -0.2) is 9.18 Å². The maximum absolute atomic E-state index is 13.6. The molecule has 2 rings (SSSR count). The number of carbonyl (C=O) groups excluding carboxylic acids is 1. The molecular weight excluding hydrogens is 335 g/mol. The summed E-state index contributed by atoms with van der Waals surface area (Å²) < 4.78 is 13.6. The number of hydrogen-bond acceptors (Lipinski definition) is 3. The molecule has 1 amide bonds. The Hall–Kier alpha value is -2.73. The van der Waals surface area contributed by atoms with Crippen molar-refractivity contribution in [2.75, 3.05) is 0 Å². The highest BCUT2D eigenvalue weighted by molar-refractivity contribution is 5.86. The fourth-order valence-corrected chi connectivity index (χ4v) is 2.69. The Bertz CT molecular complexity index is 737. The fraction of sp³-hybridized carbons (Fsp3) is 0.300. The van der Waals surface area contributed by atoms with Gasteiger partial charge in [0.05, 0.1) is 6.04 Å². The zero-order valence-corrected chi connectivity index (χ0v) is 14.4. The lowest BCUT2D eigenvalue weighted by Crippen LogP contribution is -2.49. The molecule has 2 atom stereocenters. The van der Waals surface area contributed by atoms with Crippen LogP contribution in [0.1, 0.15) is 24.0 Å². The lowest BCUT2D eigenvalue weighted by Gasteiger charge is -2.18. The first-order chi connectivity index (χ1) is 12.5. The second-order valence-electron chi connectivity index (χ2n) is 6.18. The number of amides is 1. The minimum absolute atomic E-state index is 0.202. The molecule has 1 unspecified atom stereocenters. The van der Waals surface area contributed by atoms with Gasteiger partial charge in [0, 0.05) is 0 Å². The Kier molecular flexibility index (Phi) is 7.29. The molecule has 0 saturated carbocycles. The summed E-state index contributed by atoms with van der Waals surface area (Å²) in [7, 11) is 0. The minimum atomic E-state index is -1.13. The molecule has 0 aliphatic rings. The zero-order chi connectivity index (χ0) is 18.9. The van der Waals surface area contributed by atoms with Crippen LogP contribution in [0.5, 0.6) is 0 Å². The number of nitrogens with one attached hydrogen (secondary N) is 1. The second-order valence-corrected chi connectivity index (χ2v) is 6.18. The van der Waals surface area contributed by atoms with Crippen molar-refractivity contribution in [3.63, 3.8) is 0 Å². The van der Waals surface area contributed by atoms with Gasteiger partial charge in [0.15, 0.2) is 0 Å². The number of hydrogen-bond donors (Lipinski definition) is 3. The van der Waals surface area contributed by atoms with E-state index in [1.807, 2.05) is 30.3 Å². The summed E-state index contributed by atoms with van der Waals surface area (Å²) in [5.74, 6) is -1.95. The first-order valence-electron chi connectivity index (χ1n) is 8.53. The highest BCUT2D eigenvalue weighted by Crippen LogP contribution is 2.11. The normalized spacial score (nSPS) is 13.0. The smallest absolute Gasteiger partial charge is 0.326 e. The Balaban J connectivity index is 1.85. The number of aliphatic carboxylic acids is 1. The van der Waals surface area contributed by atoms with Crippen LogP contribution in [0.25, 0.3) is 0 Å². The predicted octanol–water partition coefficient (Wildman–Crippen LogP) is 2.29. The van der Waals surface area contributed by atoms with E-state index in [4.69, 9.17) is 5.73 Å². The van der Waals surface area contributed by atoms with Gasteiger partial charge < -0.3 is 16.2 Å². The minimum Gasteiger partial charge on any atom is -0.480 e. The van der Waals surface area contributed by atoms with E-state index >= 15 is 0 Å². The van der Waals surface area contributed by atoms with E-state index in [1.54, 1.807) is 18.2 Å². The first-order valence-corrected chi connectivity index (χ1v) is 8.53. The monoisotopic (exact) mass is 358 g/mol. The van der Waals surface area contributed by atoms with E-state index in [1.165, 1.54) is 6.07 Å². The highest BCUT2D eigenvalue weighted by Gasteiger charge is 2.23. The molecule has 4 N–H and O–H groups in total. The number of aryl methyl sites for hydroxylation is 1. The summed E-state index contributed by atoms with van der Waals surface area (Å²) in [6, 6.07) is 13.8. The van der Waals surface area contributed by atoms with E-state index in [0.717, 1.165) is 5.56 Å². The van der Waals surface area contributed by atoms with Gasteiger partial charge >= 0.3 is 5.97 Å². The molecule has 0 heterocycles. The average Bonchev–Trinajstić information content (AvgIpc) is 2.63. The Morgan fingerprint density at radius 2 is 1.73 bits per heavy atom. The average molecular weight is 358 g/mol. The van der Waals surface area contributed by atoms with Gasteiger partial charge in [-0.05, 0) is 42.9 Å². The molecule has 5 nitrogen and oxygen atoms in total. The van der Waals surface area contributed by atoms with Gasteiger partial charge in [0.1, 0.15) is 11.9 Å². The largest absolute Gasteiger partial charge is 0.480 e. The molecular formula is C20H23FN2O3. The number of nitrogens with two attached hydrogens (primary N) is 1. The number of benzene rings is 2. The van der Waals surface area contributed by atoms with Crippen molar-refractivity contribution >= 4 is 11.9 Å². The van der Waals surface area contributed by atoms with E-state index in [9.17, 15) is 19.1 Å². The van der Waals surface area contributed by atoms with Gasteiger partial charge in [-0.1, -0.05) is 48.5 Å². The fourth-order valence-electron chi connectivity index (χ4n) is 2.69. The van der Waals surface area contributed by atoms with Crippen LogP contribution in [0.4, 0.5) is 4.39 Å². The van der Waals surface area contributed by atoms with Crippen LogP contribution >= 0.6 is 0 Å². The van der Waals surface area contributed by atoms with Crippen molar-refractivity contribution in [2.24, 2.45) is 5.73 Å². The predicted molar refractivity (Wildman–Crippen MR) is 97.0 cm³/mol. The van der Waals surface area contributed by atoms with Crippen molar-refractivity contribution in [3.8, 4) is 0 Å². The lowest BCUT2D eigenvalue weighted by molar-refractivity contribution is -0.142. The van der Waals surface area contributed by atoms with Crippen molar-refractivity contribution in [2.45, 2.75) is 37.8 Å². The number of carboxylic acids is 1. The van der Waals surface area contributed by atoms with Crippen LogP contribution in [0.15, 0.2) is 54.6 Å². The van der Waals surface area contributed by atoms with Crippen LogP contribution in [-0.4, -0.2) is 29.1 Å². The maximum atomic E-state index is 13.6. The third-order valence-corrected chi connectivity index (χ3v) is 4.15. The van der Waals surface area contributed by atoms with Crippen LogP contribution in [0, 0.1) is 5.82 Å². The van der Waals surface area contributed by atoms with Gasteiger partial charge in [-0.3, -0.25) is 4.79 Å². The van der Waals surface area contributed by atoms with Gasteiger partial charge in [0.25, 0.3) is 0 Å². The third-order valence-electron chi connectivity index (χ3n) is 4.15. The molecule has 0 aliphatic heterocycles. The van der Waals surface area contributed by atoms with Crippen LogP contribution in [0.2, 0.25) is 0 Å². The summed E-state index contributed by atoms with van der Waals surface area (Å²) in [5.41, 5.74) is 7.32. The number of rotatable bonds is 9. The lowest BCUT2D eigenvalue weighted by atomic mass is 10.0. The van der Waals surface area contributed by atoms with Crippen molar-refractivity contribution in [1.82, 2.24) is 5.32 Å². The SMILES string of the molecule is N[C@@H](Cc1ccccc1)C(=O)NC(CCCc1ccccc1F)C(=O)O. The molecule has 0 spiro atoms. The molecule has 2 aromatic rings. The molecule has 0 bridgehead atoms. The van der Waals surface area contributed by atoms with E-state index < -0.39 is 24.0 Å². The van der Waals surface area contributed by atoms with Gasteiger partial charge in [0.2, 0.25) is 5.91 Å². The zero-order valence-electron chi connectivity index (χ0n) is 14.4.